The molecule has 2 aromatic heterocycles. The molecule has 4 heterocycles. The lowest BCUT2D eigenvalue weighted by Crippen LogP contribution is -2.46. The molecule has 0 bridgehead atoms. The fraction of sp³-hybridized carbons (Fsp3) is 0.474. The first-order chi connectivity index (χ1) is 12.2. The van der Waals surface area contributed by atoms with E-state index in [0.717, 1.165) is 38.0 Å². The van der Waals surface area contributed by atoms with Crippen LogP contribution in [0.4, 0.5) is 0 Å². The first-order valence-electron chi connectivity index (χ1n) is 8.83. The summed E-state index contributed by atoms with van der Waals surface area (Å²) in [4.78, 5) is 26.9. The van der Waals surface area contributed by atoms with Gasteiger partial charge in [0.25, 0.3) is 5.91 Å². The number of rotatable bonds is 3. The molecule has 1 atom stereocenters. The summed E-state index contributed by atoms with van der Waals surface area (Å²) in [5.74, 6) is 0.475. The highest BCUT2D eigenvalue weighted by Crippen LogP contribution is 2.39. The number of hydrogen-bond donors (Lipinski definition) is 0. The molecule has 0 unspecified atom stereocenters. The number of likely N-dealkylation sites (tertiary alicyclic amines) is 1. The molecular formula is C19H22N4O2. The van der Waals surface area contributed by atoms with Crippen LogP contribution in [0.3, 0.4) is 0 Å². The topological polar surface area (TPSA) is 68.2 Å². The van der Waals surface area contributed by atoms with E-state index in [2.05, 4.69) is 21.0 Å². The van der Waals surface area contributed by atoms with Gasteiger partial charge in [0.2, 0.25) is 0 Å². The van der Waals surface area contributed by atoms with Crippen LogP contribution in [0.2, 0.25) is 0 Å². The van der Waals surface area contributed by atoms with Gasteiger partial charge in [-0.1, -0.05) is 6.07 Å². The van der Waals surface area contributed by atoms with Gasteiger partial charge in [-0.05, 0) is 43.7 Å². The summed E-state index contributed by atoms with van der Waals surface area (Å²) >= 11 is 0. The minimum absolute atomic E-state index is 0.0361. The first kappa shape index (κ1) is 16.1. The van der Waals surface area contributed by atoms with E-state index in [1.807, 2.05) is 23.2 Å². The minimum Gasteiger partial charge on any atom is -0.375 e. The number of hydrogen-bond acceptors (Lipinski definition) is 5. The number of piperidine rings is 1. The van der Waals surface area contributed by atoms with Crippen LogP contribution < -0.4 is 0 Å². The Labute approximate surface area is 147 Å². The number of aromatic nitrogens is 3. The summed E-state index contributed by atoms with van der Waals surface area (Å²) < 4.78 is 6.21. The van der Waals surface area contributed by atoms with Crippen molar-refractivity contribution in [2.75, 3.05) is 19.7 Å². The van der Waals surface area contributed by atoms with E-state index >= 15 is 0 Å². The van der Waals surface area contributed by atoms with Gasteiger partial charge in [0, 0.05) is 37.4 Å². The van der Waals surface area contributed by atoms with E-state index in [1.54, 1.807) is 12.4 Å². The quantitative estimate of drug-likeness (QED) is 0.857. The van der Waals surface area contributed by atoms with E-state index in [-0.39, 0.29) is 11.5 Å². The number of carbonyl (C=O) groups is 1. The van der Waals surface area contributed by atoms with Crippen molar-refractivity contribution in [3.05, 3.63) is 54.4 Å². The van der Waals surface area contributed by atoms with Crippen molar-refractivity contribution < 1.29 is 9.53 Å². The molecular weight excluding hydrogens is 316 g/mol. The van der Waals surface area contributed by atoms with Crippen molar-refractivity contribution in [1.82, 2.24) is 19.9 Å². The Balaban J connectivity index is 1.33. The highest BCUT2D eigenvalue weighted by molar-refractivity contribution is 5.92. The van der Waals surface area contributed by atoms with Crippen molar-refractivity contribution in [1.29, 1.82) is 0 Å². The normalized spacial score (nSPS) is 22.2. The SMILES string of the molecule is O=C(c1cnccn1)N1CCC2(CC1)C[C@@H](Cc1ccccn1)CO2. The van der Waals surface area contributed by atoms with Crippen molar-refractivity contribution in [2.45, 2.75) is 31.3 Å². The summed E-state index contributed by atoms with van der Waals surface area (Å²) in [6, 6.07) is 6.05. The largest absolute Gasteiger partial charge is 0.375 e. The summed E-state index contributed by atoms with van der Waals surface area (Å²) in [5, 5.41) is 0. The number of pyridine rings is 1. The van der Waals surface area contributed by atoms with Crippen molar-refractivity contribution >= 4 is 5.91 Å². The maximum Gasteiger partial charge on any atom is 0.274 e. The first-order valence-corrected chi connectivity index (χ1v) is 8.83. The highest BCUT2D eigenvalue weighted by Gasteiger charge is 2.43. The Morgan fingerprint density at radius 3 is 2.80 bits per heavy atom. The van der Waals surface area contributed by atoms with Gasteiger partial charge in [-0.25, -0.2) is 4.98 Å². The number of ether oxygens (including phenoxy) is 1. The summed E-state index contributed by atoms with van der Waals surface area (Å²) in [7, 11) is 0. The van der Waals surface area contributed by atoms with Gasteiger partial charge < -0.3 is 9.64 Å². The van der Waals surface area contributed by atoms with Crippen LogP contribution in [-0.4, -0.2) is 51.1 Å². The van der Waals surface area contributed by atoms with E-state index in [0.29, 0.717) is 24.7 Å². The molecule has 6 nitrogen and oxygen atoms in total. The van der Waals surface area contributed by atoms with Gasteiger partial charge >= 0.3 is 0 Å². The van der Waals surface area contributed by atoms with Gasteiger partial charge in [-0.15, -0.1) is 0 Å². The molecule has 2 aliphatic rings. The molecule has 2 saturated heterocycles. The van der Waals surface area contributed by atoms with E-state index < -0.39 is 0 Å². The van der Waals surface area contributed by atoms with Gasteiger partial charge in [0.05, 0.1) is 18.4 Å². The van der Waals surface area contributed by atoms with Crippen LogP contribution in [0, 0.1) is 5.92 Å². The second-order valence-electron chi connectivity index (χ2n) is 6.97. The molecule has 0 N–H and O–H groups in total. The molecule has 2 fully saturated rings. The minimum atomic E-state index is -0.0708. The fourth-order valence-corrected chi connectivity index (χ4v) is 3.92. The lowest BCUT2D eigenvalue weighted by molar-refractivity contribution is -0.0392. The number of carbonyl (C=O) groups excluding carboxylic acids is 1. The average Bonchev–Trinajstić information content (AvgIpc) is 3.05. The van der Waals surface area contributed by atoms with Gasteiger partial charge in [-0.3, -0.25) is 14.8 Å². The Hall–Kier alpha value is -2.34. The third-order valence-electron chi connectivity index (χ3n) is 5.25. The predicted molar refractivity (Wildman–Crippen MR) is 91.9 cm³/mol. The van der Waals surface area contributed by atoms with Crippen LogP contribution in [-0.2, 0) is 11.2 Å². The Bertz CT molecular complexity index is 715. The van der Waals surface area contributed by atoms with Crippen LogP contribution in [0.15, 0.2) is 43.0 Å². The summed E-state index contributed by atoms with van der Waals surface area (Å²) in [5.41, 5.74) is 1.47. The molecule has 1 spiro atoms. The molecule has 130 valence electrons. The zero-order chi connectivity index (χ0) is 17.1. The lowest BCUT2D eigenvalue weighted by atomic mass is 9.84. The zero-order valence-corrected chi connectivity index (χ0v) is 14.2. The van der Waals surface area contributed by atoms with Crippen LogP contribution >= 0.6 is 0 Å². The van der Waals surface area contributed by atoms with Crippen LogP contribution in [0.5, 0.6) is 0 Å². The highest BCUT2D eigenvalue weighted by atomic mass is 16.5. The van der Waals surface area contributed by atoms with Crippen molar-refractivity contribution in [3.63, 3.8) is 0 Å². The molecule has 0 radical (unpaired) electrons. The Morgan fingerprint density at radius 1 is 1.20 bits per heavy atom. The standard InChI is InChI=1S/C19H22N4O2/c24-18(17-13-20-7-8-22-17)23-9-4-19(5-10-23)12-15(14-25-19)11-16-3-1-2-6-21-16/h1-3,6-8,13,15H,4-5,9-12,14H2/t15-/m1/s1. The molecule has 25 heavy (non-hydrogen) atoms. The molecule has 6 heteroatoms. The van der Waals surface area contributed by atoms with Gasteiger partial charge in [0.1, 0.15) is 5.69 Å². The molecule has 0 aliphatic carbocycles. The number of amides is 1. The predicted octanol–water partition coefficient (Wildman–Crippen LogP) is 2.13. The Kier molecular flexibility index (Phi) is 4.44. The molecule has 2 aromatic rings. The lowest BCUT2D eigenvalue weighted by Gasteiger charge is -2.38. The van der Waals surface area contributed by atoms with Crippen LogP contribution in [0.25, 0.3) is 0 Å². The number of nitrogens with zero attached hydrogens (tertiary/aromatic N) is 4. The van der Waals surface area contributed by atoms with Gasteiger partial charge in [-0.2, -0.15) is 0 Å². The monoisotopic (exact) mass is 338 g/mol. The second kappa shape index (κ2) is 6.88. The van der Waals surface area contributed by atoms with Gasteiger partial charge in [0.15, 0.2) is 0 Å². The molecule has 4 rings (SSSR count). The molecule has 0 aromatic carbocycles. The van der Waals surface area contributed by atoms with E-state index in [4.69, 9.17) is 4.74 Å². The maximum atomic E-state index is 12.5. The third kappa shape index (κ3) is 3.54. The zero-order valence-electron chi connectivity index (χ0n) is 14.2. The summed E-state index contributed by atoms with van der Waals surface area (Å²) in [6.07, 6.45) is 10.3. The summed E-state index contributed by atoms with van der Waals surface area (Å²) in [6.45, 7) is 2.21. The molecule has 0 saturated carbocycles. The second-order valence-corrected chi connectivity index (χ2v) is 6.97. The maximum absolute atomic E-state index is 12.5. The third-order valence-corrected chi connectivity index (χ3v) is 5.25. The van der Waals surface area contributed by atoms with E-state index in [9.17, 15) is 4.79 Å². The van der Waals surface area contributed by atoms with Crippen molar-refractivity contribution in [2.24, 2.45) is 5.92 Å². The average molecular weight is 338 g/mol. The van der Waals surface area contributed by atoms with Crippen molar-refractivity contribution in [3.8, 4) is 0 Å². The Morgan fingerprint density at radius 2 is 2.08 bits per heavy atom. The molecule has 2 aliphatic heterocycles. The van der Waals surface area contributed by atoms with E-state index in [1.165, 1.54) is 6.20 Å². The molecule has 1 amide bonds. The smallest absolute Gasteiger partial charge is 0.274 e. The fourth-order valence-electron chi connectivity index (χ4n) is 3.92. The van der Waals surface area contributed by atoms with Crippen LogP contribution in [0.1, 0.15) is 35.4 Å².